The first kappa shape index (κ1) is 14.7. The summed E-state index contributed by atoms with van der Waals surface area (Å²) >= 11 is 11.0. The molecule has 1 aromatic carbocycles. The lowest BCUT2D eigenvalue weighted by Gasteiger charge is -2.14. The van der Waals surface area contributed by atoms with Gasteiger partial charge in [0.2, 0.25) is 0 Å². The van der Waals surface area contributed by atoms with Gasteiger partial charge in [0, 0.05) is 5.88 Å². The third kappa shape index (κ3) is 3.88. The van der Waals surface area contributed by atoms with Gasteiger partial charge in [0.1, 0.15) is 6.61 Å². The molecule has 2 nitrogen and oxygen atoms in total. The van der Waals surface area contributed by atoms with Gasteiger partial charge in [-0.25, -0.2) is 0 Å². The molecular weight excluding hydrogens is 348 g/mol. The molecule has 0 unspecified atom stereocenters. The molecule has 2 aromatic rings. The summed E-state index contributed by atoms with van der Waals surface area (Å²) in [7, 11) is 0. The van der Waals surface area contributed by atoms with Crippen molar-refractivity contribution in [3.05, 3.63) is 44.6 Å². The first-order chi connectivity index (χ1) is 9.24. The van der Waals surface area contributed by atoms with Crippen molar-refractivity contribution in [3.8, 4) is 11.5 Å². The first-order valence-electron chi connectivity index (χ1n) is 5.89. The normalized spacial score (nSPS) is 10.5. The zero-order valence-corrected chi connectivity index (χ0v) is 13.6. The second-order valence-corrected chi connectivity index (χ2v) is 5.79. The highest BCUT2D eigenvalue weighted by molar-refractivity contribution is 9.10. The maximum absolute atomic E-state index is 5.87. The Labute approximate surface area is 130 Å². The summed E-state index contributed by atoms with van der Waals surface area (Å²) in [6.07, 6.45) is 0. The van der Waals surface area contributed by atoms with Crippen molar-refractivity contribution in [2.45, 2.75) is 19.4 Å². The number of benzene rings is 1. The predicted octanol–water partition coefficient (Wildman–Crippen LogP) is 5.23. The number of alkyl halides is 1. The van der Waals surface area contributed by atoms with Crippen molar-refractivity contribution in [1.29, 1.82) is 0 Å². The van der Waals surface area contributed by atoms with Gasteiger partial charge in [-0.15, -0.1) is 11.6 Å². The quantitative estimate of drug-likeness (QED) is 0.656. The van der Waals surface area contributed by atoms with Crippen LogP contribution in [0.15, 0.2) is 33.4 Å². The lowest BCUT2D eigenvalue weighted by molar-refractivity contribution is 0.268. The lowest BCUT2D eigenvalue weighted by atomic mass is 10.2. The van der Waals surface area contributed by atoms with Crippen molar-refractivity contribution >= 4 is 38.9 Å². The highest BCUT2D eigenvalue weighted by Crippen LogP contribution is 2.37. The Bertz CT molecular complexity index is 528. The summed E-state index contributed by atoms with van der Waals surface area (Å²) in [5.41, 5.74) is 2.15. The van der Waals surface area contributed by atoms with E-state index in [0.717, 1.165) is 27.1 Å². The van der Waals surface area contributed by atoms with Gasteiger partial charge in [0.25, 0.3) is 0 Å². The second-order valence-electron chi connectivity index (χ2n) is 3.89. The number of thiophene rings is 1. The molecule has 0 bridgehead atoms. The number of halogens is 2. The summed E-state index contributed by atoms with van der Waals surface area (Å²) in [5, 5.41) is 4.11. The molecule has 0 aliphatic heterocycles. The summed E-state index contributed by atoms with van der Waals surface area (Å²) in [4.78, 5) is 0. The van der Waals surface area contributed by atoms with E-state index in [0.29, 0.717) is 19.1 Å². The molecule has 0 atom stereocenters. The molecule has 1 heterocycles. The molecule has 5 heteroatoms. The van der Waals surface area contributed by atoms with Crippen LogP contribution in [0.25, 0.3) is 0 Å². The van der Waals surface area contributed by atoms with Crippen LogP contribution in [0.5, 0.6) is 11.5 Å². The maximum Gasteiger partial charge on any atom is 0.175 e. The standard InChI is InChI=1S/C14H14BrClO2S/c1-2-17-13-6-11(7-16)5-12(15)14(13)18-8-10-3-4-19-9-10/h3-6,9H,2,7-8H2,1H3. The van der Waals surface area contributed by atoms with E-state index < -0.39 is 0 Å². The SMILES string of the molecule is CCOc1cc(CCl)cc(Br)c1OCc1ccsc1. The Kier molecular flexibility index (Phi) is 5.55. The van der Waals surface area contributed by atoms with Crippen LogP contribution in [0.3, 0.4) is 0 Å². The van der Waals surface area contributed by atoms with Gasteiger partial charge in [-0.05, 0) is 62.9 Å². The zero-order valence-electron chi connectivity index (χ0n) is 10.5. The largest absolute Gasteiger partial charge is 0.490 e. The molecule has 1 aromatic heterocycles. The van der Waals surface area contributed by atoms with Gasteiger partial charge in [-0.3, -0.25) is 0 Å². The third-order valence-corrected chi connectivity index (χ3v) is 4.12. The van der Waals surface area contributed by atoms with E-state index in [1.54, 1.807) is 11.3 Å². The van der Waals surface area contributed by atoms with Gasteiger partial charge in [-0.1, -0.05) is 0 Å². The van der Waals surface area contributed by atoms with E-state index in [4.69, 9.17) is 21.1 Å². The highest BCUT2D eigenvalue weighted by atomic mass is 79.9. The van der Waals surface area contributed by atoms with Crippen LogP contribution in [0.4, 0.5) is 0 Å². The van der Waals surface area contributed by atoms with Gasteiger partial charge in [0.15, 0.2) is 11.5 Å². The number of hydrogen-bond donors (Lipinski definition) is 0. The van der Waals surface area contributed by atoms with E-state index in [1.807, 2.05) is 30.5 Å². The first-order valence-corrected chi connectivity index (χ1v) is 8.16. The lowest BCUT2D eigenvalue weighted by Crippen LogP contribution is -2.00. The zero-order chi connectivity index (χ0) is 13.7. The molecule has 0 amide bonds. The molecule has 0 fully saturated rings. The molecule has 0 aliphatic rings. The Hall–Kier alpha value is -0.710. The molecule has 0 radical (unpaired) electrons. The molecule has 102 valence electrons. The number of ether oxygens (including phenoxy) is 2. The Morgan fingerprint density at radius 3 is 2.74 bits per heavy atom. The van der Waals surface area contributed by atoms with Crippen LogP contribution in [-0.4, -0.2) is 6.61 Å². The van der Waals surface area contributed by atoms with Crippen LogP contribution >= 0.6 is 38.9 Å². The molecular formula is C14H14BrClO2S. The number of rotatable bonds is 6. The molecule has 0 saturated carbocycles. The summed E-state index contributed by atoms with van der Waals surface area (Å²) in [6, 6.07) is 5.93. The fourth-order valence-electron chi connectivity index (χ4n) is 1.63. The monoisotopic (exact) mass is 360 g/mol. The van der Waals surface area contributed by atoms with Crippen molar-refractivity contribution in [2.24, 2.45) is 0 Å². The van der Waals surface area contributed by atoms with E-state index in [9.17, 15) is 0 Å². The molecule has 19 heavy (non-hydrogen) atoms. The predicted molar refractivity (Wildman–Crippen MR) is 83.5 cm³/mol. The van der Waals surface area contributed by atoms with Crippen LogP contribution in [0.2, 0.25) is 0 Å². The van der Waals surface area contributed by atoms with E-state index >= 15 is 0 Å². The summed E-state index contributed by atoms with van der Waals surface area (Å²) in [6.45, 7) is 3.07. The molecule has 0 spiro atoms. The van der Waals surface area contributed by atoms with Crippen LogP contribution in [-0.2, 0) is 12.5 Å². The number of hydrogen-bond acceptors (Lipinski definition) is 3. The van der Waals surface area contributed by atoms with Crippen LogP contribution < -0.4 is 9.47 Å². The average Bonchev–Trinajstić information content (AvgIpc) is 2.91. The van der Waals surface area contributed by atoms with E-state index in [1.165, 1.54) is 0 Å². The second kappa shape index (κ2) is 7.17. The molecule has 2 rings (SSSR count). The smallest absolute Gasteiger partial charge is 0.175 e. The Morgan fingerprint density at radius 2 is 2.11 bits per heavy atom. The molecule has 0 saturated heterocycles. The van der Waals surface area contributed by atoms with Crippen LogP contribution in [0, 0.1) is 0 Å². The third-order valence-electron chi connectivity index (χ3n) is 2.49. The van der Waals surface area contributed by atoms with Crippen LogP contribution in [0.1, 0.15) is 18.1 Å². The fourth-order valence-corrected chi connectivity index (χ4v) is 3.04. The maximum atomic E-state index is 5.87. The van der Waals surface area contributed by atoms with Crippen molar-refractivity contribution < 1.29 is 9.47 Å². The van der Waals surface area contributed by atoms with Gasteiger partial charge < -0.3 is 9.47 Å². The fraction of sp³-hybridized carbons (Fsp3) is 0.286. The Morgan fingerprint density at radius 1 is 1.26 bits per heavy atom. The van der Waals surface area contributed by atoms with Gasteiger partial charge in [-0.2, -0.15) is 11.3 Å². The van der Waals surface area contributed by atoms with Crippen molar-refractivity contribution in [3.63, 3.8) is 0 Å². The summed E-state index contributed by atoms with van der Waals surface area (Å²) in [5.74, 6) is 1.90. The molecule has 0 N–H and O–H groups in total. The van der Waals surface area contributed by atoms with E-state index in [-0.39, 0.29) is 0 Å². The minimum atomic E-state index is 0.448. The minimum absolute atomic E-state index is 0.448. The minimum Gasteiger partial charge on any atom is -0.490 e. The average molecular weight is 362 g/mol. The van der Waals surface area contributed by atoms with Gasteiger partial charge in [0.05, 0.1) is 11.1 Å². The summed E-state index contributed by atoms with van der Waals surface area (Å²) < 4.78 is 12.3. The van der Waals surface area contributed by atoms with Crippen molar-refractivity contribution in [1.82, 2.24) is 0 Å². The highest BCUT2D eigenvalue weighted by Gasteiger charge is 2.12. The molecule has 0 aliphatic carbocycles. The van der Waals surface area contributed by atoms with E-state index in [2.05, 4.69) is 21.3 Å². The van der Waals surface area contributed by atoms with Gasteiger partial charge >= 0.3 is 0 Å². The topological polar surface area (TPSA) is 18.5 Å². The van der Waals surface area contributed by atoms with Crippen molar-refractivity contribution in [2.75, 3.05) is 6.61 Å². The Balaban J connectivity index is 2.21.